The highest BCUT2D eigenvalue weighted by Crippen LogP contribution is 2.15. The lowest BCUT2D eigenvalue weighted by Crippen LogP contribution is -2.13. The molecule has 11 heavy (non-hydrogen) atoms. The Hall–Kier alpha value is -0.760. The first-order valence-electron chi connectivity index (χ1n) is 3.66. The van der Waals surface area contributed by atoms with Gasteiger partial charge in [0.05, 0.1) is 11.9 Å². The Kier molecular flexibility index (Phi) is 3.90. The molecule has 2 N–H and O–H groups in total. The van der Waals surface area contributed by atoms with E-state index in [1.807, 2.05) is 6.92 Å². The van der Waals surface area contributed by atoms with Crippen LogP contribution in [-0.2, 0) is 0 Å². The lowest BCUT2D eigenvalue weighted by atomic mass is 9.99. The molecule has 0 aromatic rings. The summed E-state index contributed by atoms with van der Waals surface area (Å²) >= 11 is 0. The van der Waals surface area contributed by atoms with E-state index in [-0.39, 0.29) is 11.7 Å². The second-order valence-electron chi connectivity index (χ2n) is 2.99. The van der Waals surface area contributed by atoms with E-state index in [9.17, 15) is 5.11 Å². The molecule has 0 spiro atoms. The zero-order chi connectivity index (χ0) is 9.02. The SMILES string of the molecule is C=C(O)C(C)CC(O)C(=C)C. The van der Waals surface area contributed by atoms with Gasteiger partial charge in [-0.2, -0.15) is 0 Å². The normalized spacial score (nSPS) is 15.5. The van der Waals surface area contributed by atoms with Crippen molar-refractivity contribution in [3.8, 4) is 0 Å². The van der Waals surface area contributed by atoms with Crippen molar-refractivity contribution >= 4 is 0 Å². The molecule has 2 nitrogen and oxygen atoms in total. The van der Waals surface area contributed by atoms with Gasteiger partial charge in [0.1, 0.15) is 0 Å². The highest BCUT2D eigenvalue weighted by molar-refractivity contribution is 4.99. The molecule has 0 aliphatic carbocycles. The van der Waals surface area contributed by atoms with Gasteiger partial charge in [-0.1, -0.05) is 25.7 Å². The van der Waals surface area contributed by atoms with Crippen molar-refractivity contribution in [3.63, 3.8) is 0 Å². The third kappa shape index (κ3) is 3.83. The van der Waals surface area contributed by atoms with Crippen LogP contribution >= 0.6 is 0 Å². The summed E-state index contributed by atoms with van der Waals surface area (Å²) in [5.41, 5.74) is 0.720. The molecule has 0 saturated carbocycles. The van der Waals surface area contributed by atoms with E-state index in [1.165, 1.54) is 0 Å². The number of rotatable bonds is 4. The average molecular weight is 156 g/mol. The molecule has 0 saturated heterocycles. The van der Waals surface area contributed by atoms with Crippen LogP contribution in [0, 0.1) is 5.92 Å². The van der Waals surface area contributed by atoms with Crippen LogP contribution < -0.4 is 0 Å². The minimum absolute atomic E-state index is 0.0679. The molecule has 64 valence electrons. The molecule has 2 atom stereocenters. The Morgan fingerprint density at radius 1 is 1.45 bits per heavy atom. The number of aliphatic hydroxyl groups excluding tert-OH is 2. The van der Waals surface area contributed by atoms with Crippen molar-refractivity contribution in [1.82, 2.24) is 0 Å². The summed E-state index contributed by atoms with van der Waals surface area (Å²) in [5.74, 6) is 0.0481. The summed E-state index contributed by atoms with van der Waals surface area (Å²) in [7, 11) is 0. The van der Waals surface area contributed by atoms with E-state index >= 15 is 0 Å². The van der Waals surface area contributed by atoms with Gasteiger partial charge < -0.3 is 10.2 Å². The van der Waals surface area contributed by atoms with Crippen molar-refractivity contribution in [1.29, 1.82) is 0 Å². The Bertz CT molecular complexity index is 143. The van der Waals surface area contributed by atoms with E-state index in [0.29, 0.717) is 6.42 Å². The Morgan fingerprint density at radius 3 is 2.18 bits per heavy atom. The van der Waals surface area contributed by atoms with Crippen molar-refractivity contribution in [3.05, 3.63) is 24.5 Å². The summed E-state index contributed by atoms with van der Waals surface area (Å²) in [5, 5.41) is 18.2. The predicted molar refractivity (Wildman–Crippen MR) is 46.4 cm³/mol. The van der Waals surface area contributed by atoms with E-state index in [4.69, 9.17) is 5.11 Å². The van der Waals surface area contributed by atoms with Gasteiger partial charge in [0.2, 0.25) is 0 Å². The standard InChI is InChI=1S/C9H16O2/c1-6(2)9(11)5-7(3)8(4)10/h7,9-11H,1,4-5H2,2-3H3. The zero-order valence-electron chi connectivity index (χ0n) is 7.17. The van der Waals surface area contributed by atoms with Gasteiger partial charge in [0, 0.05) is 5.92 Å². The average Bonchev–Trinajstić information content (AvgIpc) is 1.87. The maximum absolute atomic E-state index is 9.29. The van der Waals surface area contributed by atoms with Gasteiger partial charge in [0.25, 0.3) is 0 Å². The van der Waals surface area contributed by atoms with Crippen molar-refractivity contribution < 1.29 is 10.2 Å². The smallest absolute Gasteiger partial charge is 0.0880 e. The third-order valence-corrected chi connectivity index (χ3v) is 1.71. The second kappa shape index (κ2) is 4.19. The van der Waals surface area contributed by atoms with E-state index in [0.717, 1.165) is 5.57 Å². The van der Waals surface area contributed by atoms with Gasteiger partial charge in [-0.15, -0.1) is 0 Å². The molecule has 2 heteroatoms. The van der Waals surface area contributed by atoms with Crippen molar-refractivity contribution in [2.45, 2.75) is 26.4 Å². The number of aliphatic hydroxyl groups is 2. The topological polar surface area (TPSA) is 40.5 Å². The van der Waals surface area contributed by atoms with Crippen LogP contribution in [-0.4, -0.2) is 16.3 Å². The molecule has 2 unspecified atom stereocenters. The maximum Gasteiger partial charge on any atom is 0.0880 e. The minimum Gasteiger partial charge on any atom is -0.513 e. The third-order valence-electron chi connectivity index (χ3n) is 1.71. The molecule has 0 bridgehead atoms. The number of hydrogen-bond acceptors (Lipinski definition) is 2. The van der Waals surface area contributed by atoms with Crippen LogP contribution in [0.4, 0.5) is 0 Å². The number of allylic oxidation sites excluding steroid dienone is 1. The summed E-state index contributed by atoms with van der Waals surface area (Å²) < 4.78 is 0. The molecule has 0 heterocycles. The van der Waals surface area contributed by atoms with Crippen LogP contribution in [0.3, 0.4) is 0 Å². The summed E-state index contributed by atoms with van der Waals surface area (Å²) in [6.07, 6.45) is -0.0427. The van der Waals surface area contributed by atoms with Gasteiger partial charge >= 0.3 is 0 Å². The van der Waals surface area contributed by atoms with Crippen molar-refractivity contribution in [2.24, 2.45) is 5.92 Å². The first-order valence-corrected chi connectivity index (χ1v) is 3.66. The van der Waals surface area contributed by atoms with Gasteiger partial charge in [-0.25, -0.2) is 0 Å². The molecular formula is C9H16O2. The molecule has 0 aromatic heterocycles. The molecule has 0 aliphatic rings. The Morgan fingerprint density at radius 2 is 1.91 bits per heavy atom. The second-order valence-corrected chi connectivity index (χ2v) is 2.99. The fourth-order valence-corrected chi connectivity index (χ4v) is 0.672. The maximum atomic E-state index is 9.29. The van der Waals surface area contributed by atoms with Crippen LogP contribution in [0.1, 0.15) is 20.3 Å². The quantitative estimate of drug-likeness (QED) is 0.483. The van der Waals surface area contributed by atoms with Crippen LogP contribution in [0.25, 0.3) is 0 Å². The first-order chi connectivity index (χ1) is 4.95. The molecule has 0 aliphatic heterocycles. The monoisotopic (exact) mass is 156 g/mol. The molecular weight excluding hydrogens is 140 g/mol. The molecule has 0 radical (unpaired) electrons. The van der Waals surface area contributed by atoms with E-state index in [1.54, 1.807) is 6.92 Å². The zero-order valence-corrected chi connectivity index (χ0v) is 7.17. The van der Waals surface area contributed by atoms with Crippen molar-refractivity contribution in [2.75, 3.05) is 0 Å². The minimum atomic E-state index is -0.533. The molecule has 0 aromatic carbocycles. The predicted octanol–water partition coefficient (Wildman–Crippen LogP) is 2.02. The summed E-state index contributed by atoms with van der Waals surface area (Å²) in [4.78, 5) is 0. The number of hydrogen-bond donors (Lipinski definition) is 2. The highest BCUT2D eigenvalue weighted by atomic mass is 16.3. The lowest BCUT2D eigenvalue weighted by molar-refractivity contribution is 0.173. The highest BCUT2D eigenvalue weighted by Gasteiger charge is 2.12. The van der Waals surface area contributed by atoms with E-state index in [2.05, 4.69) is 13.2 Å². The fourth-order valence-electron chi connectivity index (χ4n) is 0.672. The van der Waals surface area contributed by atoms with Crippen LogP contribution in [0.5, 0.6) is 0 Å². The van der Waals surface area contributed by atoms with E-state index < -0.39 is 6.10 Å². The molecule has 0 rings (SSSR count). The Labute approximate surface area is 67.9 Å². The van der Waals surface area contributed by atoms with Gasteiger partial charge in [-0.3, -0.25) is 0 Å². The fraction of sp³-hybridized carbons (Fsp3) is 0.556. The molecule has 0 amide bonds. The van der Waals surface area contributed by atoms with Crippen LogP contribution in [0.15, 0.2) is 24.5 Å². The Balaban J connectivity index is 3.84. The largest absolute Gasteiger partial charge is 0.513 e. The summed E-state index contributed by atoms with van der Waals surface area (Å²) in [6.45, 7) is 10.6. The molecule has 0 fully saturated rings. The van der Waals surface area contributed by atoms with Gasteiger partial charge in [0.15, 0.2) is 0 Å². The first kappa shape index (κ1) is 10.2. The summed E-state index contributed by atoms with van der Waals surface area (Å²) in [6, 6.07) is 0. The lowest BCUT2D eigenvalue weighted by Gasteiger charge is -2.14. The van der Waals surface area contributed by atoms with Crippen LogP contribution in [0.2, 0.25) is 0 Å². The van der Waals surface area contributed by atoms with Gasteiger partial charge in [-0.05, 0) is 13.3 Å².